The lowest BCUT2D eigenvalue weighted by atomic mass is 9.48. The minimum Gasteiger partial charge on any atom is -0.465 e. The molecule has 9 aromatic carbocycles. The summed E-state index contributed by atoms with van der Waals surface area (Å²) in [5, 5.41) is 41.5. The number of aliphatic hydroxyl groups is 4. The van der Waals surface area contributed by atoms with Crippen molar-refractivity contribution in [2.75, 3.05) is 39.6 Å². The summed E-state index contributed by atoms with van der Waals surface area (Å²) < 4.78 is 181. The quantitative estimate of drug-likeness (QED) is 0.0110. The van der Waals surface area contributed by atoms with Crippen LogP contribution in [0.3, 0.4) is 0 Å². The Labute approximate surface area is 816 Å². The maximum absolute atomic E-state index is 13.0. The number of alkyl halides is 12. The molecule has 0 aliphatic heterocycles. The van der Waals surface area contributed by atoms with Gasteiger partial charge in [0.25, 0.3) is 0 Å². The van der Waals surface area contributed by atoms with Crippen LogP contribution < -0.4 is 0 Å². The van der Waals surface area contributed by atoms with Gasteiger partial charge in [0.2, 0.25) is 0 Å². The van der Waals surface area contributed by atoms with Crippen molar-refractivity contribution in [1.29, 1.82) is 0 Å². The number of carbonyl (C=O) groups excluding carboxylic acids is 3. The first-order chi connectivity index (χ1) is 65.5. The number of esters is 3. The summed E-state index contributed by atoms with van der Waals surface area (Å²) in [7, 11) is -0.0935. The zero-order valence-corrected chi connectivity index (χ0v) is 82.6. The molecule has 12 fully saturated rings. The van der Waals surface area contributed by atoms with E-state index in [0.29, 0.717) is 94.3 Å². The van der Waals surface area contributed by atoms with Crippen LogP contribution in [-0.2, 0) is 75.5 Å². The van der Waals surface area contributed by atoms with Gasteiger partial charge in [-0.25, -0.2) is 0 Å². The van der Waals surface area contributed by atoms with Crippen molar-refractivity contribution in [2.24, 2.45) is 51.8 Å². The van der Waals surface area contributed by atoms with Crippen LogP contribution in [0.4, 0.5) is 52.7 Å². The number of hydrogen-bond donors (Lipinski definition) is 4. The van der Waals surface area contributed by atoms with E-state index in [1.165, 1.54) is 77.4 Å². The fourth-order valence-electron chi connectivity index (χ4n) is 22.4. The number of ether oxygens (including phenoxy) is 6. The number of aryl methyl sites for hydroxylation is 6. The largest absolute Gasteiger partial charge is 0.465 e. The fraction of sp³-hybridized carbons (Fsp3) is 0.486. The molecule has 12 aliphatic rings. The fourth-order valence-corrected chi connectivity index (χ4v) is 28.6. The molecule has 12 aliphatic carbocycles. The van der Waals surface area contributed by atoms with Crippen LogP contribution in [0.25, 0.3) is 0 Å². The number of benzene rings is 9. The van der Waals surface area contributed by atoms with E-state index in [-0.39, 0.29) is 91.3 Å². The van der Waals surface area contributed by atoms with E-state index in [9.17, 15) is 87.5 Å². The van der Waals surface area contributed by atoms with Crippen molar-refractivity contribution in [3.63, 3.8) is 0 Å². The van der Waals surface area contributed by atoms with E-state index in [1.54, 1.807) is 0 Å². The van der Waals surface area contributed by atoms with Gasteiger partial charge in [0, 0.05) is 33.6 Å². The molecule has 139 heavy (non-hydrogen) atoms. The third kappa shape index (κ3) is 27.7. The van der Waals surface area contributed by atoms with Gasteiger partial charge in [-0.1, -0.05) is 161 Å². The maximum atomic E-state index is 13.0. The predicted octanol–water partition coefficient (Wildman–Crippen LogP) is 25.7. The van der Waals surface area contributed by atoms with Crippen molar-refractivity contribution >= 4 is 50.6 Å². The Morgan fingerprint density at radius 2 is 0.496 bits per heavy atom. The van der Waals surface area contributed by atoms with Crippen LogP contribution in [0.5, 0.6) is 0 Å². The van der Waals surface area contributed by atoms with Gasteiger partial charge in [0.05, 0.1) is 98.8 Å². The molecule has 0 spiro atoms. The van der Waals surface area contributed by atoms with Crippen LogP contribution in [0, 0.1) is 93.3 Å². The summed E-state index contributed by atoms with van der Waals surface area (Å²) in [6.07, 6.45) is -3.24. The average molecular weight is 2000 g/mol. The molecule has 0 aromatic heterocycles. The van der Waals surface area contributed by atoms with E-state index in [0.717, 1.165) is 44.9 Å². The van der Waals surface area contributed by atoms with Crippen LogP contribution in [0.2, 0.25) is 0 Å². The molecule has 4 N–H and O–H groups in total. The van der Waals surface area contributed by atoms with Crippen LogP contribution in [0.15, 0.2) is 281 Å². The molecule has 0 saturated heterocycles. The molecule has 28 heteroatoms. The van der Waals surface area contributed by atoms with Crippen molar-refractivity contribution in [1.82, 2.24) is 0 Å². The van der Waals surface area contributed by atoms with Gasteiger partial charge in [-0.05, 0) is 302 Å². The first-order valence-corrected chi connectivity index (χ1v) is 51.5. The molecule has 750 valence electrons. The third-order valence-electron chi connectivity index (χ3n) is 27.9. The lowest BCUT2D eigenvalue weighted by molar-refractivity contribution is -0.346. The lowest BCUT2D eigenvalue weighted by Gasteiger charge is -2.58. The number of carbonyl (C=O) groups is 3. The normalized spacial score (nSPS) is 25.4. The smallest absolute Gasteiger partial charge is 0.419 e. The Morgan fingerprint density at radius 3 is 0.705 bits per heavy atom. The van der Waals surface area contributed by atoms with Crippen LogP contribution in [0.1, 0.15) is 183 Å². The highest BCUT2D eigenvalue weighted by Gasteiger charge is 2.65. The summed E-state index contributed by atoms with van der Waals surface area (Å²) in [6, 6.07) is 85.8. The van der Waals surface area contributed by atoms with Crippen LogP contribution in [-0.4, -0.2) is 137 Å². The molecular formula is C111H129F12O13S3+3. The van der Waals surface area contributed by atoms with Crippen LogP contribution >= 0.6 is 0 Å². The van der Waals surface area contributed by atoms with Gasteiger partial charge >= 0.3 is 54.0 Å². The molecule has 12 saturated carbocycles. The molecule has 13 nitrogen and oxygen atoms in total. The Bertz CT molecular complexity index is 4900. The maximum Gasteiger partial charge on any atom is 0.419 e. The Hall–Kier alpha value is -8.68. The van der Waals surface area contributed by atoms with E-state index in [4.69, 9.17) is 14.2 Å². The highest BCUT2D eigenvalue weighted by atomic mass is 32.2. The summed E-state index contributed by atoms with van der Waals surface area (Å²) >= 11 is 0. The van der Waals surface area contributed by atoms with E-state index in [2.05, 4.69) is 292 Å². The first-order valence-electron chi connectivity index (χ1n) is 47.8. The summed E-state index contributed by atoms with van der Waals surface area (Å²) in [6.45, 7) is 9.70. The van der Waals surface area contributed by atoms with Gasteiger partial charge in [-0.3, -0.25) is 14.4 Å². The van der Waals surface area contributed by atoms with Gasteiger partial charge < -0.3 is 48.8 Å². The van der Waals surface area contributed by atoms with Gasteiger partial charge in [0.15, 0.2) is 44.1 Å². The lowest BCUT2D eigenvalue weighted by Crippen LogP contribution is -2.58. The SMILES string of the molecule is CC(F)(F)C(F)(F)OCC(O)COC(=O)C12CC3CC(CC(O)(C3)C1)C2.CC(F)(F)C(F)(F)OCCCOC(=O)C12CC3CC(CC(O)(C3)C1)C2.CC(F)(F)C(F)(F)OCCCOC(=O)C12CC3CC(CC(O)(C3)C1)C2.Cc1ccc([S+](c2ccc(C)cc2)c2ccc(C)cc2)cc1.Cc1ccc([S+](c2ccc(C)cc2)c2ccc(C)cc2)cc1.c1ccc([S+](c2ccccc2)c2ccccc2)cc1. The van der Waals surface area contributed by atoms with Crippen molar-refractivity contribution < 1.29 is 116 Å². The standard InChI is InChI=1S/2C21H21S.C18H15S.C17H24F4O5.2C17H24F4O4/c2*1-16-4-10-19(11-5-16)22(20-12-6-17(2)7-13-20)21-14-8-18(3)9-15-21;1-4-10-16(11-5-1)19(17-12-6-2-7-13-17)18-14-8-3-9-15-18;1-14(18,19)17(20,21)26-8-12(22)7-25-13(23)15-3-10-2-11(4-15)6-16(24,5-10)9-15;2*1-14(18,19)17(20,21)25-4-2-3-24-13(22)15-6-11-5-12(7-15)9-16(23,8-11)10-15/h2*4-15H,1-3H3;1-15H;10-12,22,24H,2-9H2,1H3;2*11-12,23H,2-10H2,1H3/q3*+1;;;. The molecule has 12 bridgehead atoms. The van der Waals surface area contributed by atoms with E-state index < -0.39 is 120 Å². The van der Waals surface area contributed by atoms with Crippen molar-refractivity contribution in [3.8, 4) is 0 Å². The zero-order chi connectivity index (χ0) is 100. The molecular weight excluding hydrogens is 1870 g/mol. The molecule has 0 radical (unpaired) electrons. The second kappa shape index (κ2) is 44.7. The molecule has 7 atom stereocenters. The van der Waals surface area contributed by atoms with Gasteiger partial charge in [-0.2, -0.15) is 52.7 Å². The minimum absolute atomic E-state index is 0.0111. The molecule has 9 aromatic rings. The number of rotatable bonds is 30. The summed E-state index contributed by atoms with van der Waals surface area (Å²) in [5.74, 6) is -12.5. The summed E-state index contributed by atoms with van der Waals surface area (Å²) in [4.78, 5) is 49.9. The second-order valence-corrected chi connectivity index (χ2v) is 46.7. The zero-order valence-electron chi connectivity index (χ0n) is 80.2. The Kier molecular flexibility index (Phi) is 34.6. The van der Waals surface area contributed by atoms with E-state index in [1.807, 2.05) is 0 Å². The summed E-state index contributed by atoms with van der Waals surface area (Å²) in [5.41, 5.74) is 3.22. The molecule has 21 rings (SSSR count). The minimum atomic E-state index is -4.72. The Morgan fingerprint density at radius 1 is 0.295 bits per heavy atom. The number of aliphatic hydroxyl groups excluding tert-OH is 1. The molecule has 0 amide bonds. The number of halogens is 12. The molecule has 0 heterocycles. The van der Waals surface area contributed by atoms with E-state index >= 15 is 0 Å². The highest BCUT2D eigenvalue weighted by Crippen LogP contribution is 2.65. The Balaban J connectivity index is 0.000000141. The van der Waals surface area contributed by atoms with Gasteiger partial charge in [-0.15, -0.1) is 0 Å². The first kappa shape index (κ1) is 108. The highest BCUT2D eigenvalue weighted by molar-refractivity contribution is 7.97. The topological polar surface area (TPSA) is 188 Å². The van der Waals surface area contributed by atoms with Gasteiger partial charge in [0.1, 0.15) is 12.7 Å². The average Bonchev–Trinajstić information content (AvgIpc) is 0.729. The van der Waals surface area contributed by atoms with Crippen molar-refractivity contribution in [3.05, 3.63) is 270 Å². The third-order valence-corrected chi connectivity index (χ3v) is 34.6. The van der Waals surface area contributed by atoms with Crippen molar-refractivity contribution in [2.45, 2.75) is 294 Å². The monoisotopic (exact) mass is 1990 g/mol. The number of hydrogen-bond acceptors (Lipinski definition) is 13. The second-order valence-electron chi connectivity index (χ2n) is 40.6. The predicted molar refractivity (Wildman–Crippen MR) is 512 cm³/mol. The molecule has 7 unspecified atom stereocenters.